The van der Waals surface area contributed by atoms with E-state index in [1.807, 2.05) is 13.8 Å². The van der Waals surface area contributed by atoms with E-state index < -0.39 is 0 Å². The third kappa shape index (κ3) is 4.73. The zero-order valence-corrected chi connectivity index (χ0v) is 13.9. The van der Waals surface area contributed by atoms with Crippen LogP contribution in [0.4, 0.5) is 5.69 Å². The molecule has 0 saturated carbocycles. The van der Waals surface area contributed by atoms with E-state index in [1.165, 1.54) is 4.90 Å². The second-order valence-electron chi connectivity index (χ2n) is 5.29. The van der Waals surface area contributed by atoms with Gasteiger partial charge < -0.3 is 20.3 Å². The molecule has 6 heteroatoms. The number of amides is 2. The van der Waals surface area contributed by atoms with Gasteiger partial charge in [-0.25, -0.2) is 0 Å². The van der Waals surface area contributed by atoms with Crippen molar-refractivity contribution in [3.63, 3.8) is 0 Å². The highest BCUT2D eigenvalue weighted by molar-refractivity contribution is 5.97. The fraction of sp³-hybridized carbons (Fsp3) is 0.500. The van der Waals surface area contributed by atoms with Crippen LogP contribution >= 0.6 is 0 Å². The lowest BCUT2D eigenvalue weighted by Gasteiger charge is -2.17. The molecule has 0 aliphatic carbocycles. The van der Waals surface area contributed by atoms with Crippen LogP contribution in [-0.2, 0) is 4.79 Å². The molecule has 0 fully saturated rings. The van der Waals surface area contributed by atoms with Gasteiger partial charge in [0, 0.05) is 32.1 Å². The first kappa shape index (κ1) is 18.0. The molecule has 0 aliphatic rings. The van der Waals surface area contributed by atoms with Crippen LogP contribution in [0, 0.1) is 5.92 Å². The standard InChI is InChI=1S/C16H25N3O3/c1-6-22-14-9-12(16(21)19(4)5)7-8-13(14)18-15(20)11(2)10-17-3/h7-9,11,17H,6,10H2,1-5H3,(H,18,20). The largest absolute Gasteiger partial charge is 0.492 e. The molecule has 1 unspecified atom stereocenters. The summed E-state index contributed by atoms with van der Waals surface area (Å²) in [5, 5.41) is 5.81. The zero-order chi connectivity index (χ0) is 16.7. The molecule has 1 rings (SSSR count). The summed E-state index contributed by atoms with van der Waals surface area (Å²) in [6.45, 7) is 4.74. The highest BCUT2D eigenvalue weighted by atomic mass is 16.5. The van der Waals surface area contributed by atoms with Gasteiger partial charge in [-0.15, -0.1) is 0 Å². The minimum atomic E-state index is -0.164. The predicted octanol–water partition coefficient (Wildman–Crippen LogP) is 1.58. The summed E-state index contributed by atoms with van der Waals surface area (Å²) in [4.78, 5) is 25.6. The highest BCUT2D eigenvalue weighted by Crippen LogP contribution is 2.27. The van der Waals surface area contributed by atoms with Crippen molar-refractivity contribution in [3.05, 3.63) is 23.8 Å². The molecule has 2 N–H and O–H groups in total. The summed E-state index contributed by atoms with van der Waals surface area (Å²) in [6, 6.07) is 5.04. The molecule has 0 aliphatic heterocycles. The number of ether oxygens (including phenoxy) is 1. The quantitative estimate of drug-likeness (QED) is 0.802. The Balaban J connectivity index is 2.99. The highest BCUT2D eigenvalue weighted by Gasteiger charge is 2.16. The Morgan fingerprint density at radius 2 is 2.00 bits per heavy atom. The van der Waals surface area contributed by atoms with E-state index >= 15 is 0 Å². The van der Waals surface area contributed by atoms with E-state index in [4.69, 9.17) is 4.74 Å². The molecule has 0 spiro atoms. The Labute approximate surface area is 131 Å². The van der Waals surface area contributed by atoms with Gasteiger partial charge in [0.1, 0.15) is 5.75 Å². The molecule has 0 aromatic heterocycles. The fourth-order valence-corrected chi connectivity index (χ4v) is 1.95. The van der Waals surface area contributed by atoms with Gasteiger partial charge in [0.25, 0.3) is 5.91 Å². The van der Waals surface area contributed by atoms with Crippen molar-refractivity contribution in [2.75, 3.05) is 39.6 Å². The van der Waals surface area contributed by atoms with Crippen molar-refractivity contribution in [3.8, 4) is 5.75 Å². The number of carbonyl (C=O) groups excluding carboxylic acids is 2. The van der Waals surface area contributed by atoms with Crippen LogP contribution in [0.15, 0.2) is 18.2 Å². The smallest absolute Gasteiger partial charge is 0.253 e. The average Bonchev–Trinajstić information content (AvgIpc) is 2.48. The summed E-state index contributed by atoms with van der Waals surface area (Å²) >= 11 is 0. The number of hydrogen-bond donors (Lipinski definition) is 2. The Morgan fingerprint density at radius 1 is 1.32 bits per heavy atom. The summed E-state index contributed by atoms with van der Waals surface area (Å²) < 4.78 is 5.55. The van der Waals surface area contributed by atoms with Gasteiger partial charge in [0.05, 0.1) is 12.3 Å². The van der Waals surface area contributed by atoms with Gasteiger partial charge in [-0.3, -0.25) is 9.59 Å². The number of hydrogen-bond acceptors (Lipinski definition) is 4. The van der Waals surface area contributed by atoms with Gasteiger partial charge in [0.15, 0.2) is 0 Å². The number of benzene rings is 1. The minimum absolute atomic E-state index is 0.0954. The maximum atomic E-state index is 12.1. The van der Waals surface area contributed by atoms with Crippen molar-refractivity contribution < 1.29 is 14.3 Å². The predicted molar refractivity (Wildman–Crippen MR) is 87.3 cm³/mol. The molecule has 2 amide bonds. The van der Waals surface area contributed by atoms with E-state index in [9.17, 15) is 9.59 Å². The third-order valence-electron chi connectivity index (χ3n) is 3.15. The Kier molecular flexibility index (Phi) is 6.85. The SMILES string of the molecule is CCOc1cc(C(=O)N(C)C)ccc1NC(=O)C(C)CNC. The monoisotopic (exact) mass is 307 g/mol. The minimum Gasteiger partial charge on any atom is -0.492 e. The Hall–Kier alpha value is -2.08. The molecule has 6 nitrogen and oxygen atoms in total. The first-order chi connectivity index (χ1) is 10.4. The van der Waals surface area contributed by atoms with E-state index in [-0.39, 0.29) is 17.7 Å². The summed E-state index contributed by atoms with van der Waals surface area (Å²) in [5.74, 6) is 0.132. The van der Waals surface area contributed by atoms with E-state index in [0.29, 0.717) is 30.2 Å². The van der Waals surface area contributed by atoms with E-state index in [2.05, 4.69) is 10.6 Å². The molecule has 1 aromatic carbocycles. The van der Waals surface area contributed by atoms with Gasteiger partial charge >= 0.3 is 0 Å². The number of nitrogens with one attached hydrogen (secondary N) is 2. The first-order valence-electron chi connectivity index (χ1n) is 7.34. The second-order valence-corrected chi connectivity index (χ2v) is 5.29. The molecular formula is C16H25N3O3. The van der Waals surface area contributed by atoms with Gasteiger partial charge in [-0.2, -0.15) is 0 Å². The summed E-state index contributed by atoms with van der Waals surface area (Å²) in [5.41, 5.74) is 1.10. The molecular weight excluding hydrogens is 282 g/mol. The topological polar surface area (TPSA) is 70.7 Å². The molecule has 1 aromatic rings. The number of nitrogens with zero attached hydrogens (tertiary/aromatic N) is 1. The molecule has 0 bridgehead atoms. The Bertz CT molecular complexity index is 529. The summed E-state index contributed by atoms with van der Waals surface area (Å²) in [7, 11) is 5.19. The fourth-order valence-electron chi connectivity index (χ4n) is 1.95. The van der Waals surface area contributed by atoms with E-state index in [1.54, 1.807) is 39.3 Å². The molecule has 0 heterocycles. The van der Waals surface area contributed by atoms with Crippen LogP contribution < -0.4 is 15.4 Å². The van der Waals surface area contributed by atoms with Gasteiger partial charge in [-0.1, -0.05) is 6.92 Å². The summed E-state index contributed by atoms with van der Waals surface area (Å²) in [6.07, 6.45) is 0. The zero-order valence-electron chi connectivity index (χ0n) is 13.9. The third-order valence-corrected chi connectivity index (χ3v) is 3.15. The van der Waals surface area contributed by atoms with Crippen LogP contribution in [0.3, 0.4) is 0 Å². The second kappa shape index (κ2) is 8.38. The van der Waals surface area contributed by atoms with Crippen molar-refractivity contribution in [2.45, 2.75) is 13.8 Å². The average molecular weight is 307 g/mol. The number of rotatable bonds is 7. The maximum absolute atomic E-state index is 12.1. The van der Waals surface area contributed by atoms with Crippen LogP contribution in [-0.4, -0.2) is 51.0 Å². The molecule has 22 heavy (non-hydrogen) atoms. The lowest BCUT2D eigenvalue weighted by atomic mass is 10.1. The van der Waals surface area contributed by atoms with Crippen molar-refractivity contribution >= 4 is 17.5 Å². The molecule has 122 valence electrons. The van der Waals surface area contributed by atoms with Crippen LogP contribution in [0.2, 0.25) is 0 Å². The van der Waals surface area contributed by atoms with E-state index in [0.717, 1.165) is 0 Å². The van der Waals surface area contributed by atoms with Crippen LogP contribution in [0.25, 0.3) is 0 Å². The molecule has 1 atom stereocenters. The number of anilines is 1. The van der Waals surface area contributed by atoms with Gasteiger partial charge in [-0.05, 0) is 32.2 Å². The normalized spacial score (nSPS) is 11.7. The van der Waals surface area contributed by atoms with Gasteiger partial charge in [0.2, 0.25) is 5.91 Å². The molecule has 0 saturated heterocycles. The first-order valence-corrected chi connectivity index (χ1v) is 7.34. The lowest BCUT2D eigenvalue weighted by Crippen LogP contribution is -2.29. The van der Waals surface area contributed by atoms with Crippen molar-refractivity contribution in [1.82, 2.24) is 10.2 Å². The van der Waals surface area contributed by atoms with Crippen molar-refractivity contribution in [2.24, 2.45) is 5.92 Å². The Morgan fingerprint density at radius 3 is 2.55 bits per heavy atom. The molecule has 0 radical (unpaired) electrons. The van der Waals surface area contributed by atoms with Crippen LogP contribution in [0.5, 0.6) is 5.75 Å². The lowest BCUT2D eigenvalue weighted by molar-refractivity contribution is -0.119. The van der Waals surface area contributed by atoms with Crippen molar-refractivity contribution in [1.29, 1.82) is 0 Å². The number of carbonyl (C=O) groups is 2. The maximum Gasteiger partial charge on any atom is 0.253 e. The van der Waals surface area contributed by atoms with Crippen LogP contribution in [0.1, 0.15) is 24.2 Å².